The zero-order valence-corrected chi connectivity index (χ0v) is 20.2. The van der Waals surface area contributed by atoms with Crippen LogP contribution in [0.1, 0.15) is 57.6 Å². The third kappa shape index (κ3) is 4.73. The number of rotatable bonds is 7. The predicted octanol–water partition coefficient (Wildman–Crippen LogP) is 6.21. The molecule has 176 valence electrons. The van der Waals surface area contributed by atoms with Gasteiger partial charge in [-0.2, -0.15) is 0 Å². The number of nitrogens with zero attached hydrogens (tertiary/aromatic N) is 3. The summed E-state index contributed by atoms with van der Waals surface area (Å²) in [5, 5.41) is 7.11. The highest BCUT2D eigenvalue weighted by atomic mass is 16.1. The average molecular weight is 464 g/mol. The van der Waals surface area contributed by atoms with E-state index in [1.54, 1.807) is 0 Å². The van der Waals surface area contributed by atoms with E-state index in [1.165, 1.54) is 16.7 Å². The van der Waals surface area contributed by atoms with Crippen molar-refractivity contribution in [3.8, 4) is 0 Å². The van der Waals surface area contributed by atoms with E-state index in [9.17, 15) is 4.79 Å². The second kappa shape index (κ2) is 9.58. The van der Waals surface area contributed by atoms with E-state index >= 15 is 0 Å². The van der Waals surface area contributed by atoms with Gasteiger partial charge in [0.05, 0.1) is 6.04 Å². The van der Waals surface area contributed by atoms with Crippen molar-refractivity contribution in [3.63, 3.8) is 0 Å². The van der Waals surface area contributed by atoms with Gasteiger partial charge in [-0.15, -0.1) is 0 Å². The first-order valence-electron chi connectivity index (χ1n) is 11.9. The minimum Gasteiger partial charge on any atom is -0.362 e. The molecule has 1 aromatic heterocycles. The maximum Gasteiger partial charge on any atom is 0.196 e. The Labute approximate surface area is 206 Å². The topological polar surface area (TPSA) is 70.2 Å². The monoisotopic (exact) mass is 463 g/mol. The van der Waals surface area contributed by atoms with Crippen LogP contribution in [0.5, 0.6) is 0 Å². The minimum absolute atomic E-state index is 0.00560. The Hall–Kier alpha value is -4.19. The van der Waals surface area contributed by atoms with E-state index in [-0.39, 0.29) is 18.0 Å². The lowest BCUT2D eigenvalue weighted by molar-refractivity contribution is 0.111. The predicted molar refractivity (Wildman–Crippen MR) is 141 cm³/mol. The van der Waals surface area contributed by atoms with Crippen LogP contribution in [0.4, 0.5) is 17.3 Å². The van der Waals surface area contributed by atoms with Crippen LogP contribution in [-0.2, 0) is 6.54 Å². The highest BCUT2D eigenvalue weighted by molar-refractivity contribution is 5.86. The smallest absolute Gasteiger partial charge is 0.196 e. The Morgan fingerprint density at radius 2 is 1.74 bits per heavy atom. The normalized spacial score (nSPS) is 15.3. The molecule has 2 atom stereocenters. The average Bonchev–Trinajstić information content (AvgIpc) is 3.24. The van der Waals surface area contributed by atoms with Gasteiger partial charge < -0.3 is 15.5 Å². The molecule has 0 bridgehead atoms. The van der Waals surface area contributed by atoms with Crippen LogP contribution in [0.25, 0.3) is 0 Å². The van der Waals surface area contributed by atoms with Crippen molar-refractivity contribution in [1.29, 1.82) is 0 Å². The molecule has 0 aliphatic carbocycles. The van der Waals surface area contributed by atoms with E-state index < -0.39 is 0 Å². The molecule has 0 saturated carbocycles. The number of hydrogen-bond donors (Lipinski definition) is 2. The van der Waals surface area contributed by atoms with Gasteiger partial charge in [-0.1, -0.05) is 90.0 Å². The fraction of sp³-hybridized carbons (Fsp3) is 0.207. The summed E-state index contributed by atoms with van der Waals surface area (Å²) < 4.78 is 0. The number of aromatic nitrogens is 2. The van der Waals surface area contributed by atoms with E-state index in [0.717, 1.165) is 16.8 Å². The van der Waals surface area contributed by atoms with E-state index in [1.807, 2.05) is 18.2 Å². The van der Waals surface area contributed by atoms with Gasteiger partial charge in [0, 0.05) is 6.54 Å². The van der Waals surface area contributed by atoms with E-state index in [2.05, 4.69) is 107 Å². The lowest BCUT2D eigenvalue weighted by Gasteiger charge is -2.29. The number of carbonyl (C=O) groups is 1. The van der Waals surface area contributed by atoms with Crippen molar-refractivity contribution in [2.75, 3.05) is 15.5 Å². The SMILES string of the molecule is Cc1ccc(CN2c3c(nc(C=O)nc3N[C@H](C)c3ccccc3)NC2c2cccc(C)c2)cc1. The zero-order chi connectivity index (χ0) is 24.4. The highest BCUT2D eigenvalue weighted by Gasteiger charge is 2.35. The third-order valence-electron chi connectivity index (χ3n) is 6.36. The van der Waals surface area contributed by atoms with Gasteiger partial charge in [0.1, 0.15) is 11.9 Å². The first-order chi connectivity index (χ1) is 17.0. The minimum atomic E-state index is -0.144. The van der Waals surface area contributed by atoms with Crippen molar-refractivity contribution < 1.29 is 4.79 Å². The first kappa shape index (κ1) is 22.6. The lowest BCUT2D eigenvalue weighted by Crippen LogP contribution is -2.28. The number of anilines is 3. The van der Waals surface area contributed by atoms with Gasteiger partial charge in [0.25, 0.3) is 0 Å². The highest BCUT2D eigenvalue weighted by Crippen LogP contribution is 2.45. The zero-order valence-electron chi connectivity index (χ0n) is 20.2. The number of carbonyl (C=O) groups excluding carboxylic acids is 1. The van der Waals surface area contributed by atoms with Crippen molar-refractivity contribution in [1.82, 2.24) is 9.97 Å². The molecule has 0 fully saturated rings. The van der Waals surface area contributed by atoms with Crippen molar-refractivity contribution in [2.24, 2.45) is 0 Å². The van der Waals surface area contributed by atoms with Gasteiger partial charge in [0.15, 0.2) is 23.7 Å². The number of benzene rings is 3. The van der Waals surface area contributed by atoms with Gasteiger partial charge in [-0.05, 0) is 37.5 Å². The van der Waals surface area contributed by atoms with Crippen LogP contribution in [-0.4, -0.2) is 16.3 Å². The summed E-state index contributed by atoms with van der Waals surface area (Å²) in [6.45, 7) is 6.94. The summed E-state index contributed by atoms with van der Waals surface area (Å²) in [5.74, 6) is 1.45. The fourth-order valence-electron chi connectivity index (χ4n) is 4.53. The second-order valence-electron chi connectivity index (χ2n) is 9.10. The molecule has 0 amide bonds. The molecule has 6 nitrogen and oxygen atoms in total. The van der Waals surface area contributed by atoms with Crippen molar-refractivity contribution in [3.05, 3.63) is 113 Å². The van der Waals surface area contributed by atoms with E-state index in [4.69, 9.17) is 0 Å². The largest absolute Gasteiger partial charge is 0.362 e. The number of aryl methyl sites for hydroxylation is 2. The number of aldehydes is 1. The summed E-state index contributed by atoms with van der Waals surface area (Å²) in [7, 11) is 0. The van der Waals surface area contributed by atoms with Crippen LogP contribution >= 0.6 is 0 Å². The standard InChI is InChI=1S/C29H29N5O/c1-19-12-14-22(15-13-19)17-34-26-27(30-21(3)23-9-5-4-6-10-23)31-25(18-35)32-28(26)33-29(34)24-11-7-8-20(2)16-24/h4-16,18,21,29H,17H2,1-3H3,(H2,30,31,32,33)/t21-,29?/m1/s1. The summed E-state index contributed by atoms with van der Waals surface area (Å²) in [5.41, 5.74) is 6.73. The molecule has 6 heteroatoms. The third-order valence-corrected chi connectivity index (χ3v) is 6.36. The molecule has 1 aliphatic heterocycles. The molecule has 1 aliphatic rings. The summed E-state index contributed by atoms with van der Waals surface area (Å²) in [6.07, 6.45) is 0.556. The van der Waals surface area contributed by atoms with Gasteiger partial charge in [-0.25, -0.2) is 9.97 Å². The fourth-order valence-corrected chi connectivity index (χ4v) is 4.53. The van der Waals surface area contributed by atoms with Crippen LogP contribution in [0.3, 0.4) is 0 Å². The molecule has 2 heterocycles. The Bertz CT molecular complexity index is 1340. The van der Waals surface area contributed by atoms with E-state index in [0.29, 0.717) is 24.5 Å². The van der Waals surface area contributed by atoms with Crippen LogP contribution < -0.4 is 15.5 Å². The van der Waals surface area contributed by atoms with Gasteiger partial charge >= 0.3 is 0 Å². The molecule has 2 N–H and O–H groups in total. The van der Waals surface area contributed by atoms with Crippen LogP contribution in [0.15, 0.2) is 78.9 Å². The van der Waals surface area contributed by atoms with Crippen LogP contribution in [0, 0.1) is 13.8 Å². The van der Waals surface area contributed by atoms with Crippen molar-refractivity contribution >= 4 is 23.6 Å². The maximum absolute atomic E-state index is 11.7. The number of hydrogen-bond acceptors (Lipinski definition) is 6. The van der Waals surface area contributed by atoms with Crippen molar-refractivity contribution in [2.45, 2.75) is 39.5 Å². The van der Waals surface area contributed by atoms with Gasteiger partial charge in [0.2, 0.25) is 0 Å². The Balaban J connectivity index is 1.59. The second-order valence-corrected chi connectivity index (χ2v) is 9.10. The molecule has 1 unspecified atom stereocenters. The van der Waals surface area contributed by atoms with Gasteiger partial charge in [-0.3, -0.25) is 4.79 Å². The lowest BCUT2D eigenvalue weighted by atomic mass is 10.1. The Morgan fingerprint density at radius 1 is 0.971 bits per heavy atom. The molecule has 35 heavy (non-hydrogen) atoms. The molecule has 4 aromatic rings. The number of fused-ring (bicyclic) bond motifs is 1. The molecular weight excluding hydrogens is 434 g/mol. The Morgan fingerprint density at radius 3 is 2.46 bits per heavy atom. The summed E-state index contributed by atoms with van der Waals surface area (Å²) >= 11 is 0. The molecule has 3 aromatic carbocycles. The maximum atomic E-state index is 11.7. The molecule has 0 saturated heterocycles. The summed E-state index contributed by atoms with van der Waals surface area (Å²) in [6, 6.07) is 27.2. The molecule has 0 spiro atoms. The first-order valence-corrected chi connectivity index (χ1v) is 11.9. The van der Waals surface area contributed by atoms with Crippen LogP contribution in [0.2, 0.25) is 0 Å². The Kier molecular flexibility index (Phi) is 6.19. The number of nitrogens with one attached hydrogen (secondary N) is 2. The molecule has 5 rings (SSSR count). The quantitative estimate of drug-likeness (QED) is 0.318. The summed E-state index contributed by atoms with van der Waals surface area (Å²) in [4.78, 5) is 23.2. The molecular formula is C29H29N5O. The molecule has 0 radical (unpaired) electrons.